The van der Waals surface area contributed by atoms with Crippen LogP contribution in [0.2, 0.25) is 0 Å². The third kappa shape index (κ3) is 3.14. The molecule has 5 rings (SSSR count). The number of rotatable bonds is 3. The van der Waals surface area contributed by atoms with Gasteiger partial charge in [0, 0.05) is 17.1 Å². The van der Waals surface area contributed by atoms with E-state index in [2.05, 4.69) is 0 Å². The van der Waals surface area contributed by atoms with Crippen molar-refractivity contribution in [3.8, 4) is 5.75 Å². The molecule has 10 heteroatoms. The first-order valence-electron chi connectivity index (χ1n) is 12.9. The molecule has 0 spiro atoms. The zero-order chi connectivity index (χ0) is 28.1. The molecular weight excluding hydrogens is 492 g/mol. The molecule has 4 aliphatic rings. The fourth-order valence-corrected chi connectivity index (χ4v) is 7.53. The van der Waals surface area contributed by atoms with Crippen molar-refractivity contribution >= 4 is 23.2 Å². The Morgan fingerprint density at radius 1 is 1.11 bits per heavy atom. The molecule has 0 heterocycles. The zero-order valence-electron chi connectivity index (χ0n) is 21.9. The number of carbonyl (C=O) groups is 3. The summed E-state index contributed by atoms with van der Waals surface area (Å²) in [5.41, 5.74) is 2.03. The Labute approximate surface area is 220 Å². The van der Waals surface area contributed by atoms with E-state index >= 15 is 0 Å². The summed E-state index contributed by atoms with van der Waals surface area (Å²) in [6.45, 7) is 3.77. The number of amides is 1. The maximum atomic E-state index is 14.1. The fourth-order valence-electron chi connectivity index (χ4n) is 7.53. The zero-order valence-corrected chi connectivity index (χ0v) is 21.9. The fraction of sp³-hybridized carbons (Fsp3) is 0.536. The van der Waals surface area contributed by atoms with Gasteiger partial charge >= 0.3 is 0 Å². The van der Waals surface area contributed by atoms with Gasteiger partial charge in [-0.15, -0.1) is 0 Å². The van der Waals surface area contributed by atoms with Gasteiger partial charge in [-0.2, -0.15) is 0 Å². The molecule has 7 N–H and O–H groups in total. The van der Waals surface area contributed by atoms with Crippen LogP contribution >= 0.6 is 0 Å². The lowest BCUT2D eigenvalue weighted by Crippen LogP contribution is -2.70. The Hall–Kier alpha value is -3.21. The lowest BCUT2D eigenvalue weighted by molar-refractivity contribution is -0.169. The molecule has 2 fully saturated rings. The van der Waals surface area contributed by atoms with Gasteiger partial charge in [0.05, 0.1) is 23.6 Å². The van der Waals surface area contributed by atoms with E-state index in [1.165, 1.54) is 19.0 Å². The summed E-state index contributed by atoms with van der Waals surface area (Å²) in [4.78, 5) is 40.8. The number of aliphatic hydroxyl groups is 4. The Morgan fingerprint density at radius 2 is 1.71 bits per heavy atom. The maximum absolute atomic E-state index is 14.1. The number of carbonyl (C=O) groups excluding carboxylic acids is 3. The molecule has 0 aliphatic heterocycles. The number of aliphatic hydroxyl groups excluding tert-OH is 3. The number of primary amides is 1. The maximum Gasteiger partial charge on any atom is 0.255 e. The van der Waals surface area contributed by atoms with E-state index in [1.807, 2.05) is 13.0 Å². The lowest BCUT2D eigenvalue weighted by Gasteiger charge is -2.53. The van der Waals surface area contributed by atoms with Gasteiger partial charge in [0.2, 0.25) is 5.78 Å². The second-order valence-corrected chi connectivity index (χ2v) is 11.7. The largest absolute Gasteiger partial charge is 0.508 e. The summed E-state index contributed by atoms with van der Waals surface area (Å²) < 4.78 is 0. The predicted octanol–water partition coefficient (Wildman–Crippen LogP) is 1.33. The van der Waals surface area contributed by atoms with E-state index in [9.17, 15) is 39.9 Å². The second kappa shape index (κ2) is 8.39. The van der Waals surface area contributed by atoms with Crippen LogP contribution in [0.25, 0.3) is 5.76 Å². The third-order valence-electron chi connectivity index (χ3n) is 9.49. The van der Waals surface area contributed by atoms with Crippen LogP contribution in [0.1, 0.15) is 62.1 Å². The average molecular weight is 527 g/mol. The SMILES string of the molecule is C[C@@H]1c2ccc(C3(C)CCCC3)c(O)c2C(O)=C2C(=O)[C@]3(O)C(O)=C(C(N)=O)C(=O)[C@H](N(C)C)[C@H]3[C@@H](O)[C@H]21. The van der Waals surface area contributed by atoms with Crippen LogP contribution in [-0.4, -0.2) is 79.7 Å². The summed E-state index contributed by atoms with van der Waals surface area (Å²) in [5.74, 6) is -8.65. The van der Waals surface area contributed by atoms with E-state index in [-0.39, 0.29) is 22.3 Å². The molecule has 1 amide bonds. The number of Topliss-reactive ketones (excluding diaryl/α,β-unsaturated/α-hetero) is 2. The van der Waals surface area contributed by atoms with E-state index in [0.29, 0.717) is 11.1 Å². The first-order chi connectivity index (χ1) is 17.7. The minimum atomic E-state index is -2.91. The Kier molecular flexibility index (Phi) is 5.83. The van der Waals surface area contributed by atoms with Crippen LogP contribution in [0.15, 0.2) is 29.0 Å². The number of nitrogens with two attached hydrogens (primary N) is 1. The number of fused-ring (bicyclic) bond motifs is 3. The standard InChI is InChI=1S/C28H34N2O8/c1-11-12-7-8-13(27(2)9-5-6-10-27)20(31)15(12)21(32)16-14(11)22(33)18-19(30(3)4)23(34)17(26(29)37)25(36)28(18,38)24(16)35/h7-8,11,14,18-19,22,31-33,36,38H,5-6,9-10H2,1-4H3,(H2,29,37)/t11-,14+,18+,19-,22+,28+/m1/s1. The molecule has 0 unspecified atom stereocenters. The van der Waals surface area contributed by atoms with Gasteiger partial charge in [-0.05, 0) is 43.8 Å². The van der Waals surface area contributed by atoms with Gasteiger partial charge < -0.3 is 31.3 Å². The molecule has 1 aromatic carbocycles. The van der Waals surface area contributed by atoms with Crippen LogP contribution in [-0.2, 0) is 19.8 Å². The van der Waals surface area contributed by atoms with Gasteiger partial charge in [-0.25, -0.2) is 0 Å². The molecule has 4 aliphatic carbocycles. The van der Waals surface area contributed by atoms with Gasteiger partial charge in [0.15, 0.2) is 11.4 Å². The molecule has 6 atom stereocenters. The third-order valence-corrected chi connectivity index (χ3v) is 9.49. The van der Waals surface area contributed by atoms with Crippen molar-refractivity contribution in [2.24, 2.45) is 17.6 Å². The summed E-state index contributed by atoms with van der Waals surface area (Å²) in [6.07, 6.45) is 2.10. The van der Waals surface area contributed by atoms with E-state index < -0.39 is 70.1 Å². The topological polar surface area (TPSA) is 182 Å². The molecular formula is C28H34N2O8. The quantitative estimate of drug-likeness (QED) is 0.317. The number of hydrogen-bond donors (Lipinski definition) is 6. The summed E-state index contributed by atoms with van der Waals surface area (Å²) in [5, 5.41) is 57.3. The first kappa shape index (κ1) is 26.4. The monoisotopic (exact) mass is 526 g/mol. The number of nitrogens with zero attached hydrogens (tertiary/aromatic N) is 1. The molecule has 0 radical (unpaired) electrons. The van der Waals surface area contributed by atoms with Gasteiger partial charge in [0.25, 0.3) is 5.91 Å². The highest BCUT2D eigenvalue weighted by molar-refractivity contribution is 6.24. The van der Waals surface area contributed by atoms with Gasteiger partial charge in [-0.3, -0.25) is 19.3 Å². The Bertz CT molecular complexity index is 1340. The smallest absolute Gasteiger partial charge is 0.255 e. The molecule has 1 aromatic rings. The van der Waals surface area contributed by atoms with Crippen molar-refractivity contribution in [2.45, 2.75) is 68.6 Å². The van der Waals surface area contributed by atoms with Gasteiger partial charge in [0.1, 0.15) is 22.8 Å². The van der Waals surface area contributed by atoms with Crippen LogP contribution in [0.5, 0.6) is 5.75 Å². The second-order valence-electron chi connectivity index (χ2n) is 11.7. The van der Waals surface area contributed by atoms with E-state index in [1.54, 1.807) is 13.0 Å². The molecule has 0 aromatic heterocycles. The van der Waals surface area contributed by atoms with Gasteiger partial charge in [-0.1, -0.05) is 38.8 Å². The Balaban J connectivity index is 1.78. The summed E-state index contributed by atoms with van der Waals surface area (Å²) >= 11 is 0. The molecule has 10 nitrogen and oxygen atoms in total. The lowest BCUT2D eigenvalue weighted by atomic mass is 9.54. The van der Waals surface area contributed by atoms with Crippen molar-refractivity contribution in [1.82, 2.24) is 4.90 Å². The minimum absolute atomic E-state index is 0.0478. The molecule has 0 bridgehead atoms. The van der Waals surface area contributed by atoms with Crippen LogP contribution in [0.4, 0.5) is 0 Å². The van der Waals surface area contributed by atoms with E-state index in [0.717, 1.165) is 25.7 Å². The van der Waals surface area contributed by atoms with Crippen molar-refractivity contribution in [1.29, 1.82) is 0 Å². The number of benzene rings is 1. The highest BCUT2D eigenvalue weighted by Gasteiger charge is 2.68. The predicted molar refractivity (Wildman–Crippen MR) is 136 cm³/mol. The van der Waals surface area contributed by atoms with Crippen molar-refractivity contribution in [3.63, 3.8) is 0 Å². The van der Waals surface area contributed by atoms with Crippen LogP contribution in [0, 0.1) is 11.8 Å². The highest BCUT2D eigenvalue weighted by Crippen LogP contribution is 2.57. The number of aromatic hydroxyl groups is 1. The number of phenolic OH excluding ortho intramolecular Hbond substituents is 1. The van der Waals surface area contributed by atoms with Crippen molar-refractivity contribution < 1.29 is 39.9 Å². The molecule has 2 saturated carbocycles. The summed E-state index contributed by atoms with van der Waals surface area (Å²) in [6, 6.07) is 2.23. The first-order valence-corrected chi connectivity index (χ1v) is 12.9. The number of hydrogen-bond acceptors (Lipinski definition) is 9. The number of phenols is 1. The molecule has 204 valence electrons. The van der Waals surface area contributed by atoms with Crippen LogP contribution in [0.3, 0.4) is 0 Å². The van der Waals surface area contributed by atoms with Crippen molar-refractivity contribution in [3.05, 3.63) is 45.7 Å². The summed E-state index contributed by atoms with van der Waals surface area (Å²) in [7, 11) is 2.96. The van der Waals surface area contributed by atoms with Crippen molar-refractivity contribution in [2.75, 3.05) is 14.1 Å². The average Bonchev–Trinajstić information content (AvgIpc) is 3.28. The molecule has 0 saturated heterocycles. The minimum Gasteiger partial charge on any atom is -0.508 e. The normalized spacial score (nSPS) is 34.3. The van der Waals surface area contributed by atoms with Crippen LogP contribution < -0.4 is 5.73 Å². The Morgan fingerprint density at radius 3 is 2.26 bits per heavy atom. The highest BCUT2D eigenvalue weighted by atomic mass is 16.4. The van der Waals surface area contributed by atoms with E-state index in [4.69, 9.17) is 5.73 Å². The molecule has 38 heavy (non-hydrogen) atoms. The number of likely N-dealkylation sites (N-methyl/N-ethyl adjacent to an activating group) is 1. The number of ketones is 2.